The number of halogens is 1. The maximum absolute atomic E-state index is 13.3. The van der Waals surface area contributed by atoms with Crippen LogP contribution in [-0.4, -0.2) is 40.6 Å². The van der Waals surface area contributed by atoms with Gasteiger partial charge >= 0.3 is 0 Å². The number of hydrogen-bond donors (Lipinski definition) is 0. The highest BCUT2D eigenvalue weighted by atomic mass is 35.5. The van der Waals surface area contributed by atoms with E-state index in [4.69, 9.17) is 16.1 Å². The van der Waals surface area contributed by atoms with Gasteiger partial charge in [0.05, 0.1) is 35.2 Å². The lowest BCUT2D eigenvalue weighted by atomic mass is 9.84. The average Bonchev–Trinajstić information content (AvgIpc) is 3.26. The smallest absolute Gasteiger partial charge is 0.226 e. The number of fused-ring (bicyclic) bond motifs is 2. The number of nitrogens with zero attached hydrogens (tertiary/aromatic N) is 5. The number of rotatable bonds is 2. The van der Waals surface area contributed by atoms with Crippen molar-refractivity contribution in [2.24, 2.45) is 11.8 Å². The van der Waals surface area contributed by atoms with Gasteiger partial charge in [-0.15, -0.1) is 0 Å². The van der Waals surface area contributed by atoms with Gasteiger partial charge in [0.15, 0.2) is 0 Å². The number of nitriles is 1. The number of aromatic nitrogens is 2. The van der Waals surface area contributed by atoms with Gasteiger partial charge in [0.2, 0.25) is 5.91 Å². The molecule has 32 heavy (non-hydrogen) atoms. The van der Waals surface area contributed by atoms with Crippen LogP contribution in [0, 0.1) is 30.1 Å². The van der Waals surface area contributed by atoms with Gasteiger partial charge in [-0.2, -0.15) is 5.26 Å². The van der Waals surface area contributed by atoms with Crippen LogP contribution in [0.1, 0.15) is 35.9 Å². The minimum atomic E-state index is -0.0454. The van der Waals surface area contributed by atoms with Crippen molar-refractivity contribution in [3.05, 3.63) is 52.0 Å². The van der Waals surface area contributed by atoms with Gasteiger partial charge in [-0.3, -0.25) is 9.78 Å². The Balaban J connectivity index is 1.40. The van der Waals surface area contributed by atoms with Crippen molar-refractivity contribution in [1.29, 1.82) is 5.26 Å². The van der Waals surface area contributed by atoms with E-state index >= 15 is 0 Å². The summed E-state index contributed by atoms with van der Waals surface area (Å²) in [5.41, 5.74) is 3.99. The van der Waals surface area contributed by atoms with E-state index in [2.05, 4.69) is 28.0 Å². The molecule has 1 fully saturated rings. The topological polar surface area (TPSA) is 86.3 Å². The number of carbonyl (C=O) groups is 1. The van der Waals surface area contributed by atoms with E-state index < -0.39 is 0 Å². The van der Waals surface area contributed by atoms with Crippen LogP contribution in [0.4, 0.5) is 5.69 Å². The molecule has 164 valence electrons. The monoisotopic (exact) mass is 449 g/mol. The van der Waals surface area contributed by atoms with E-state index in [1.807, 2.05) is 30.0 Å². The zero-order chi connectivity index (χ0) is 22.4. The molecule has 0 aliphatic carbocycles. The number of piperidine rings is 1. The summed E-state index contributed by atoms with van der Waals surface area (Å²) in [4.78, 5) is 22.1. The molecular weight excluding hydrogens is 426 g/mol. The molecule has 1 amide bonds. The Labute approximate surface area is 191 Å². The summed E-state index contributed by atoms with van der Waals surface area (Å²) < 4.78 is 5.25. The van der Waals surface area contributed by atoms with E-state index in [1.165, 1.54) is 0 Å². The largest absolute Gasteiger partial charge is 0.370 e. The average molecular weight is 450 g/mol. The zero-order valence-electron chi connectivity index (χ0n) is 18.1. The van der Waals surface area contributed by atoms with E-state index in [0.29, 0.717) is 48.9 Å². The minimum Gasteiger partial charge on any atom is -0.370 e. The van der Waals surface area contributed by atoms with Gasteiger partial charge in [0.25, 0.3) is 0 Å². The maximum atomic E-state index is 13.3. The minimum absolute atomic E-state index is 0.0454. The van der Waals surface area contributed by atoms with Crippen molar-refractivity contribution >= 4 is 34.1 Å². The SMILES string of the molecule is Cc1nc2ccc(Cl)cc2c(N2CCC(C(=O)N3CCc4oncc4C3)C(C)C2)c1C#N. The second kappa shape index (κ2) is 8.10. The van der Waals surface area contributed by atoms with Crippen LogP contribution in [0.15, 0.2) is 28.9 Å². The lowest BCUT2D eigenvalue weighted by Crippen LogP contribution is -2.48. The summed E-state index contributed by atoms with van der Waals surface area (Å²) in [6.07, 6.45) is 3.16. The molecule has 0 saturated carbocycles. The highest BCUT2D eigenvalue weighted by Gasteiger charge is 2.36. The van der Waals surface area contributed by atoms with Crippen molar-refractivity contribution < 1.29 is 9.32 Å². The molecule has 0 spiro atoms. The Hall–Kier alpha value is -3.11. The molecular formula is C24H24ClN5O2. The molecule has 3 aromatic rings. The summed E-state index contributed by atoms with van der Waals surface area (Å²) in [7, 11) is 0. The van der Waals surface area contributed by atoms with E-state index in [-0.39, 0.29) is 17.7 Å². The lowest BCUT2D eigenvalue weighted by Gasteiger charge is -2.40. The van der Waals surface area contributed by atoms with Crippen LogP contribution >= 0.6 is 11.6 Å². The number of anilines is 1. The number of amides is 1. The molecule has 8 heteroatoms. The van der Waals surface area contributed by atoms with Crippen molar-refractivity contribution in [3.63, 3.8) is 0 Å². The summed E-state index contributed by atoms with van der Waals surface area (Å²) in [6.45, 7) is 6.62. The molecule has 1 aromatic carbocycles. The number of hydrogen-bond acceptors (Lipinski definition) is 6. The molecule has 5 rings (SSSR count). The Kier molecular flexibility index (Phi) is 5.26. The summed E-state index contributed by atoms with van der Waals surface area (Å²) in [5.74, 6) is 1.19. The molecule has 4 heterocycles. The van der Waals surface area contributed by atoms with E-state index in [0.717, 1.165) is 34.3 Å². The Morgan fingerprint density at radius 3 is 2.97 bits per heavy atom. The second-order valence-electron chi connectivity index (χ2n) is 8.80. The van der Waals surface area contributed by atoms with Gasteiger partial charge in [0, 0.05) is 47.9 Å². The van der Waals surface area contributed by atoms with E-state index in [1.54, 1.807) is 6.20 Å². The van der Waals surface area contributed by atoms with Crippen molar-refractivity contribution in [3.8, 4) is 6.07 Å². The summed E-state index contributed by atoms with van der Waals surface area (Å²) in [5, 5.41) is 15.2. The zero-order valence-corrected chi connectivity index (χ0v) is 18.9. The van der Waals surface area contributed by atoms with Crippen LogP contribution in [0.5, 0.6) is 0 Å². The number of carbonyl (C=O) groups excluding carboxylic acids is 1. The predicted molar refractivity (Wildman–Crippen MR) is 121 cm³/mol. The van der Waals surface area contributed by atoms with Crippen molar-refractivity contribution in [2.45, 2.75) is 33.2 Å². The summed E-state index contributed by atoms with van der Waals surface area (Å²) >= 11 is 6.28. The molecule has 2 unspecified atom stereocenters. The van der Waals surface area contributed by atoms with Gasteiger partial charge in [0.1, 0.15) is 11.8 Å². The quantitative estimate of drug-likeness (QED) is 0.585. The van der Waals surface area contributed by atoms with Crippen LogP contribution in [0.3, 0.4) is 0 Å². The molecule has 1 saturated heterocycles. The molecule has 2 atom stereocenters. The first-order valence-corrected chi connectivity index (χ1v) is 11.3. The molecule has 2 aliphatic rings. The second-order valence-corrected chi connectivity index (χ2v) is 9.23. The van der Waals surface area contributed by atoms with Crippen LogP contribution in [0.2, 0.25) is 5.02 Å². The lowest BCUT2D eigenvalue weighted by molar-refractivity contribution is -0.138. The first-order chi connectivity index (χ1) is 15.5. The van der Waals surface area contributed by atoms with Gasteiger partial charge in [-0.05, 0) is 37.5 Å². The third-order valence-electron chi connectivity index (χ3n) is 6.76. The van der Waals surface area contributed by atoms with Gasteiger partial charge in [-0.1, -0.05) is 23.7 Å². The predicted octanol–water partition coefficient (Wildman–Crippen LogP) is 4.10. The first kappa shape index (κ1) is 20.8. The van der Waals surface area contributed by atoms with Gasteiger partial charge < -0.3 is 14.3 Å². The first-order valence-electron chi connectivity index (χ1n) is 10.9. The van der Waals surface area contributed by atoms with Crippen molar-refractivity contribution in [2.75, 3.05) is 24.5 Å². The van der Waals surface area contributed by atoms with Crippen LogP contribution in [0.25, 0.3) is 10.9 Å². The molecule has 2 aliphatic heterocycles. The Morgan fingerprint density at radius 2 is 2.19 bits per heavy atom. The number of benzene rings is 1. The highest BCUT2D eigenvalue weighted by Crippen LogP contribution is 2.37. The van der Waals surface area contributed by atoms with Gasteiger partial charge in [-0.25, -0.2) is 0 Å². The molecule has 2 aromatic heterocycles. The third-order valence-corrected chi connectivity index (χ3v) is 7.00. The maximum Gasteiger partial charge on any atom is 0.226 e. The van der Waals surface area contributed by atoms with Crippen LogP contribution in [-0.2, 0) is 17.8 Å². The molecule has 0 N–H and O–H groups in total. The standard InChI is InChI=1S/C24H24ClN5O2/c1-14-12-29(23-19-9-17(25)3-4-21(19)28-15(2)20(23)10-26)7-5-18(14)24(31)30-8-6-22-16(13-30)11-27-32-22/h3-4,9,11,14,18H,5-8,12-13H2,1-2H3. The Morgan fingerprint density at radius 1 is 1.34 bits per heavy atom. The normalized spacial score (nSPS) is 20.8. The van der Waals surface area contributed by atoms with Crippen molar-refractivity contribution in [1.82, 2.24) is 15.0 Å². The molecule has 0 radical (unpaired) electrons. The summed E-state index contributed by atoms with van der Waals surface area (Å²) in [6, 6.07) is 7.94. The van der Waals surface area contributed by atoms with E-state index in [9.17, 15) is 10.1 Å². The molecule has 7 nitrogen and oxygen atoms in total. The number of pyridine rings is 1. The Bertz CT molecular complexity index is 1250. The highest BCUT2D eigenvalue weighted by molar-refractivity contribution is 6.31. The number of aryl methyl sites for hydroxylation is 1. The fourth-order valence-corrected chi connectivity index (χ4v) is 5.25. The van der Waals surface area contributed by atoms with Crippen LogP contribution < -0.4 is 4.90 Å². The molecule has 0 bridgehead atoms. The fraction of sp³-hybridized carbons (Fsp3) is 0.417. The third kappa shape index (κ3) is 3.49. The fourth-order valence-electron chi connectivity index (χ4n) is 5.08.